The maximum absolute atomic E-state index is 12.5. The second kappa shape index (κ2) is 8.79. The highest BCUT2D eigenvalue weighted by Crippen LogP contribution is 2.25. The molecule has 1 heterocycles. The number of nitrogens with zero attached hydrogens (tertiary/aromatic N) is 2. The fourth-order valence-electron chi connectivity index (χ4n) is 3.20. The summed E-state index contributed by atoms with van der Waals surface area (Å²) in [5.41, 5.74) is 2.13. The highest BCUT2D eigenvalue weighted by molar-refractivity contribution is 5.77. The molecule has 0 aliphatic carbocycles. The summed E-state index contributed by atoms with van der Waals surface area (Å²) in [6, 6.07) is 20.2. The van der Waals surface area contributed by atoms with Gasteiger partial charge < -0.3 is 14.5 Å². The van der Waals surface area contributed by atoms with Crippen LogP contribution in [0.5, 0.6) is 0 Å². The van der Waals surface area contributed by atoms with Crippen molar-refractivity contribution >= 4 is 5.91 Å². The van der Waals surface area contributed by atoms with Gasteiger partial charge in [0, 0.05) is 26.2 Å². The molecule has 0 saturated carbocycles. The van der Waals surface area contributed by atoms with Crippen molar-refractivity contribution in [2.24, 2.45) is 0 Å². The van der Waals surface area contributed by atoms with Crippen molar-refractivity contribution in [3.8, 4) is 0 Å². The number of piperazine rings is 1. The van der Waals surface area contributed by atoms with Gasteiger partial charge in [-0.3, -0.25) is 4.79 Å². The first kappa shape index (κ1) is 17.6. The molecule has 1 aliphatic rings. The average molecular weight is 338 g/mol. The zero-order chi connectivity index (χ0) is 17.5. The lowest BCUT2D eigenvalue weighted by molar-refractivity contribution is -0.139. The first-order valence-corrected chi connectivity index (χ1v) is 8.99. The third kappa shape index (κ3) is 4.68. The summed E-state index contributed by atoms with van der Waals surface area (Å²) in [5, 5.41) is 0. The predicted molar refractivity (Wildman–Crippen MR) is 99.4 cm³/mol. The van der Waals surface area contributed by atoms with Crippen LogP contribution < -0.4 is 0 Å². The topological polar surface area (TPSA) is 32.8 Å². The van der Waals surface area contributed by atoms with Crippen molar-refractivity contribution in [3.63, 3.8) is 0 Å². The molecule has 0 atom stereocenters. The van der Waals surface area contributed by atoms with Gasteiger partial charge in [-0.2, -0.15) is 0 Å². The second-order valence-electron chi connectivity index (χ2n) is 6.33. The molecular formula is C21H26N2O2. The summed E-state index contributed by atoms with van der Waals surface area (Å²) in [5.74, 6) is 0.0765. The van der Waals surface area contributed by atoms with Crippen LogP contribution in [0.25, 0.3) is 0 Å². The van der Waals surface area contributed by atoms with E-state index in [0.29, 0.717) is 0 Å². The molecule has 0 N–H and O–H groups in total. The third-order valence-electron chi connectivity index (χ3n) is 4.75. The van der Waals surface area contributed by atoms with Gasteiger partial charge in [0.15, 0.2) is 0 Å². The molecule has 1 fully saturated rings. The Labute approximate surface area is 150 Å². The lowest BCUT2D eigenvalue weighted by Gasteiger charge is -2.34. The van der Waals surface area contributed by atoms with Gasteiger partial charge in [0.1, 0.15) is 12.7 Å². The molecule has 0 spiro atoms. The van der Waals surface area contributed by atoms with Crippen LogP contribution in [0.4, 0.5) is 0 Å². The van der Waals surface area contributed by atoms with Crippen LogP contribution in [-0.2, 0) is 9.53 Å². The standard InChI is InChI=1S/C21H26N2O2/c1-2-22-13-15-23(16-14-22)20(24)17-25-21(18-9-5-3-6-10-18)19-11-7-4-8-12-19/h3-12,21H,2,13-17H2,1H3. The fraction of sp³-hybridized carbons (Fsp3) is 0.381. The quantitative estimate of drug-likeness (QED) is 0.812. The molecule has 0 bridgehead atoms. The number of amides is 1. The maximum atomic E-state index is 12.5. The predicted octanol–water partition coefficient (Wildman–Crippen LogP) is 2.96. The lowest BCUT2D eigenvalue weighted by Crippen LogP contribution is -2.49. The van der Waals surface area contributed by atoms with E-state index in [4.69, 9.17) is 4.74 Å². The van der Waals surface area contributed by atoms with E-state index in [2.05, 4.69) is 11.8 Å². The maximum Gasteiger partial charge on any atom is 0.248 e. The summed E-state index contributed by atoms with van der Waals surface area (Å²) in [6.07, 6.45) is -0.219. The monoisotopic (exact) mass is 338 g/mol. The minimum Gasteiger partial charge on any atom is -0.359 e. The molecule has 1 saturated heterocycles. The van der Waals surface area contributed by atoms with Crippen molar-refractivity contribution in [2.45, 2.75) is 13.0 Å². The van der Waals surface area contributed by atoms with Crippen LogP contribution in [0.2, 0.25) is 0 Å². The summed E-state index contributed by atoms with van der Waals surface area (Å²) >= 11 is 0. The number of hydrogen-bond acceptors (Lipinski definition) is 3. The fourth-order valence-corrected chi connectivity index (χ4v) is 3.20. The molecule has 4 heteroatoms. The van der Waals surface area contributed by atoms with Crippen LogP contribution in [0.3, 0.4) is 0 Å². The zero-order valence-corrected chi connectivity index (χ0v) is 14.8. The lowest BCUT2D eigenvalue weighted by atomic mass is 10.0. The van der Waals surface area contributed by atoms with Crippen LogP contribution in [0.15, 0.2) is 60.7 Å². The Morgan fingerprint density at radius 2 is 1.44 bits per heavy atom. The first-order chi connectivity index (χ1) is 12.3. The van der Waals surface area contributed by atoms with E-state index >= 15 is 0 Å². The summed E-state index contributed by atoms with van der Waals surface area (Å²) in [6.45, 7) is 6.79. The molecule has 25 heavy (non-hydrogen) atoms. The normalized spacial score (nSPS) is 15.5. The highest BCUT2D eigenvalue weighted by Gasteiger charge is 2.22. The van der Waals surface area contributed by atoms with Gasteiger partial charge in [0.25, 0.3) is 0 Å². The molecule has 1 aliphatic heterocycles. The molecule has 0 aromatic heterocycles. The summed E-state index contributed by atoms with van der Waals surface area (Å²) in [7, 11) is 0. The second-order valence-corrected chi connectivity index (χ2v) is 6.33. The molecule has 1 amide bonds. The molecule has 3 rings (SSSR count). The van der Waals surface area contributed by atoms with Gasteiger partial charge in [0.2, 0.25) is 5.91 Å². The van der Waals surface area contributed by atoms with Crippen molar-refractivity contribution < 1.29 is 9.53 Å². The van der Waals surface area contributed by atoms with Crippen molar-refractivity contribution in [1.82, 2.24) is 9.80 Å². The Morgan fingerprint density at radius 1 is 0.920 bits per heavy atom. The number of carbonyl (C=O) groups excluding carboxylic acids is 1. The van der Waals surface area contributed by atoms with Crippen molar-refractivity contribution in [3.05, 3.63) is 71.8 Å². The van der Waals surface area contributed by atoms with E-state index in [1.165, 1.54) is 0 Å². The molecule has 2 aromatic carbocycles. The van der Waals surface area contributed by atoms with Crippen LogP contribution in [0.1, 0.15) is 24.2 Å². The number of rotatable bonds is 6. The molecule has 2 aromatic rings. The SMILES string of the molecule is CCN1CCN(C(=O)COC(c2ccccc2)c2ccccc2)CC1. The minimum atomic E-state index is -0.219. The third-order valence-corrected chi connectivity index (χ3v) is 4.75. The number of hydrogen-bond donors (Lipinski definition) is 0. The smallest absolute Gasteiger partial charge is 0.248 e. The van der Waals surface area contributed by atoms with Crippen LogP contribution in [-0.4, -0.2) is 55.0 Å². The van der Waals surface area contributed by atoms with Crippen molar-refractivity contribution in [2.75, 3.05) is 39.3 Å². The van der Waals surface area contributed by atoms with Gasteiger partial charge in [-0.15, -0.1) is 0 Å². The molecule has 0 unspecified atom stereocenters. The summed E-state index contributed by atoms with van der Waals surface area (Å²) < 4.78 is 6.08. The Balaban J connectivity index is 1.64. The molecule has 0 radical (unpaired) electrons. The molecule has 4 nitrogen and oxygen atoms in total. The van der Waals surface area contributed by atoms with Gasteiger partial charge in [-0.25, -0.2) is 0 Å². The Kier molecular flexibility index (Phi) is 6.20. The van der Waals surface area contributed by atoms with Gasteiger partial charge in [-0.1, -0.05) is 67.6 Å². The van der Waals surface area contributed by atoms with E-state index in [0.717, 1.165) is 43.9 Å². The van der Waals surface area contributed by atoms with Gasteiger partial charge in [0.05, 0.1) is 0 Å². The van der Waals surface area contributed by atoms with E-state index < -0.39 is 0 Å². The highest BCUT2D eigenvalue weighted by atomic mass is 16.5. The largest absolute Gasteiger partial charge is 0.359 e. The molecular weight excluding hydrogens is 312 g/mol. The number of benzene rings is 2. The van der Waals surface area contributed by atoms with Crippen LogP contribution >= 0.6 is 0 Å². The molecule has 132 valence electrons. The Bertz CT molecular complexity index is 613. The van der Waals surface area contributed by atoms with E-state index in [1.807, 2.05) is 65.6 Å². The van der Waals surface area contributed by atoms with E-state index in [9.17, 15) is 4.79 Å². The van der Waals surface area contributed by atoms with Gasteiger partial charge >= 0.3 is 0 Å². The van der Waals surface area contributed by atoms with Gasteiger partial charge in [-0.05, 0) is 17.7 Å². The summed E-state index contributed by atoms with van der Waals surface area (Å²) in [4.78, 5) is 16.8. The first-order valence-electron chi connectivity index (χ1n) is 8.99. The Hall–Kier alpha value is -2.17. The number of ether oxygens (including phenoxy) is 1. The minimum absolute atomic E-state index is 0.0765. The Morgan fingerprint density at radius 3 is 1.92 bits per heavy atom. The van der Waals surface area contributed by atoms with Crippen molar-refractivity contribution in [1.29, 1.82) is 0 Å². The zero-order valence-electron chi connectivity index (χ0n) is 14.8. The number of likely N-dealkylation sites (N-methyl/N-ethyl adjacent to an activating group) is 1. The average Bonchev–Trinajstić information content (AvgIpc) is 2.70. The van der Waals surface area contributed by atoms with Crippen LogP contribution in [0, 0.1) is 0 Å². The van der Waals surface area contributed by atoms with E-state index in [-0.39, 0.29) is 18.6 Å². The van der Waals surface area contributed by atoms with E-state index in [1.54, 1.807) is 0 Å². The number of carbonyl (C=O) groups is 1.